The number of carbonyl (C=O) groups is 3. The number of anilines is 5. The van der Waals surface area contributed by atoms with E-state index in [0.29, 0.717) is 63.8 Å². The second kappa shape index (κ2) is 16.0. The SMILES string of the molecule is COc1cc(N2CCC(N(C)CCc3ccc4c(c3)CN(C3CCC(=O)NC3=O)C4=O)CC2)ccc1Nc1ncc(Cl)c(Nc2ccccc2P(C)(C)=O)n1. The molecule has 4 aromatic rings. The number of hydrogen-bond acceptors (Lipinski definition) is 11. The summed E-state index contributed by atoms with van der Waals surface area (Å²) in [7, 11) is 1.26. The fraction of sp³-hybridized carbons (Fsp3) is 0.375. The van der Waals surface area contributed by atoms with Crippen molar-refractivity contribution in [2.45, 2.75) is 50.7 Å². The fourth-order valence-electron chi connectivity index (χ4n) is 7.63. The summed E-state index contributed by atoms with van der Waals surface area (Å²) in [4.78, 5) is 52.5. The van der Waals surface area contributed by atoms with Crippen LogP contribution in [0.25, 0.3) is 0 Å². The van der Waals surface area contributed by atoms with Gasteiger partial charge in [-0.25, -0.2) is 4.98 Å². The molecule has 0 radical (unpaired) electrons. The zero-order chi connectivity index (χ0) is 38.9. The summed E-state index contributed by atoms with van der Waals surface area (Å²) >= 11 is 6.47. The molecule has 0 spiro atoms. The zero-order valence-corrected chi connectivity index (χ0v) is 33.1. The lowest BCUT2D eigenvalue weighted by Crippen LogP contribution is -2.52. The van der Waals surface area contributed by atoms with E-state index in [0.717, 1.165) is 55.7 Å². The van der Waals surface area contributed by atoms with Gasteiger partial charge in [-0.1, -0.05) is 35.9 Å². The molecule has 0 bridgehead atoms. The molecular weight excluding hydrogens is 739 g/mol. The predicted molar refractivity (Wildman–Crippen MR) is 216 cm³/mol. The number of piperidine rings is 2. The van der Waals surface area contributed by atoms with E-state index in [4.69, 9.17) is 16.3 Å². The fourth-order valence-corrected chi connectivity index (χ4v) is 8.92. The molecule has 55 heavy (non-hydrogen) atoms. The molecule has 0 saturated carbocycles. The number of para-hydroxylation sites is 1. The summed E-state index contributed by atoms with van der Waals surface area (Å²) in [5.74, 6) is 0.559. The van der Waals surface area contributed by atoms with Crippen LogP contribution in [0.3, 0.4) is 0 Å². The van der Waals surface area contributed by atoms with Crippen LogP contribution in [-0.4, -0.2) is 96.7 Å². The largest absolute Gasteiger partial charge is 0.494 e. The van der Waals surface area contributed by atoms with E-state index in [1.165, 1.54) is 6.20 Å². The number of likely N-dealkylation sites (N-methyl/N-ethyl adjacent to an activating group) is 1. The highest BCUT2D eigenvalue weighted by Crippen LogP contribution is 2.39. The van der Waals surface area contributed by atoms with E-state index in [9.17, 15) is 18.9 Å². The van der Waals surface area contributed by atoms with Gasteiger partial charge in [0, 0.05) is 61.3 Å². The van der Waals surface area contributed by atoms with Crippen molar-refractivity contribution in [3.05, 3.63) is 88.6 Å². The zero-order valence-electron chi connectivity index (χ0n) is 31.5. The Labute approximate surface area is 326 Å². The number of rotatable bonds is 12. The van der Waals surface area contributed by atoms with Crippen LogP contribution in [0, 0.1) is 0 Å². The highest BCUT2D eigenvalue weighted by atomic mass is 35.5. The van der Waals surface area contributed by atoms with E-state index in [1.54, 1.807) is 25.3 Å². The number of amides is 3. The minimum atomic E-state index is -2.55. The highest BCUT2D eigenvalue weighted by Gasteiger charge is 2.39. The molecule has 1 atom stereocenters. The number of imide groups is 1. The minimum absolute atomic E-state index is 0.147. The molecule has 3 aliphatic heterocycles. The van der Waals surface area contributed by atoms with E-state index in [-0.39, 0.29) is 18.2 Å². The molecule has 3 amide bonds. The van der Waals surface area contributed by atoms with Gasteiger partial charge in [0.1, 0.15) is 24.0 Å². The van der Waals surface area contributed by atoms with Gasteiger partial charge in [-0.2, -0.15) is 4.98 Å². The van der Waals surface area contributed by atoms with Gasteiger partial charge in [-0.3, -0.25) is 19.7 Å². The molecule has 288 valence electrons. The maximum absolute atomic E-state index is 13.1. The summed E-state index contributed by atoms with van der Waals surface area (Å²) in [5, 5.41) is 9.91. The molecular formula is C40H46ClN8O5P. The Bertz CT molecular complexity index is 2170. The normalized spacial score (nSPS) is 17.7. The van der Waals surface area contributed by atoms with Crippen LogP contribution in [0.1, 0.15) is 47.2 Å². The molecule has 2 saturated heterocycles. The van der Waals surface area contributed by atoms with Crippen molar-refractivity contribution < 1.29 is 23.7 Å². The molecule has 4 heterocycles. The number of methoxy groups -OCH3 is 1. The van der Waals surface area contributed by atoms with Crippen LogP contribution >= 0.6 is 18.7 Å². The number of nitrogens with one attached hydrogen (secondary N) is 3. The first-order chi connectivity index (χ1) is 26.4. The first kappa shape index (κ1) is 38.3. The average molecular weight is 785 g/mol. The molecule has 13 nitrogen and oxygen atoms in total. The van der Waals surface area contributed by atoms with Crippen molar-refractivity contribution >= 4 is 70.6 Å². The van der Waals surface area contributed by atoms with Gasteiger partial charge in [-0.15, -0.1) is 0 Å². The van der Waals surface area contributed by atoms with Crippen molar-refractivity contribution in [1.82, 2.24) is 25.1 Å². The third-order valence-electron chi connectivity index (χ3n) is 10.7. The molecule has 15 heteroatoms. The quantitative estimate of drug-likeness (QED) is 0.119. The van der Waals surface area contributed by atoms with Crippen LogP contribution < -0.4 is 30.9 Å². The van der Waals surface area contributed by atoms with Crippen molar-refractivity contribution in [3.8, 4) is 5.75 Å². The van der Waals surface area contributed by atoms with Crippen LogP contribution in [0.15, 0.2) is 66.9 Å². The van der Waals surface area contributed by atoms with E-state index < -0.39 is 19.1 Å². The maximum Gasteiger partial charge on any atom is 0.255 e. The maximum atomic E-state index is 13.1. The lowest BCUT2D eigenvalue weighted by molar-refractivity contribution is -0.136. The Morgan fingerprint density at radius 1 is 1.00 bits per heavy atom. The Kier molecular flexibility index (Phi) is 11.2. The first-order valence-corrected chi connectivity index (χ1v) is 21.5. The monoisotopic (exact) mass is 784 g/mol. The first-order valence-electron chi connectivity index (χ1n) is 18.5. The second-order valence-corrected chi connectivity index (χ2v) is 18.3. The van der Waals surface area contributed by atoms with Gasteiger partial charge in [0.05, 0.1) is 24.7 Å². The smallest absolute Gasteiger partial charge is 0.255 e. The van der Waals surface area contributed by atoms with E-state index >= 15 is 0 Å². The Balaban J connectivity index is 0.928. The van der Waals surface area contributed by atoms with Crippen LogP contribution in [-0.2, 0) is 27.1 Å². The number of halogens is 1. The summed E-state index contributed by atoms with van der Waals surface area (Å²) in [5.41, 5.74) is 5.19. The van der Waals surface area contributed by atoms with Crippen molar-refractivity contribution in [2.75, 3.05) is 62.7 Å². The molecule has 3 N–H and O–H groups in total. The Morgan fingerprint density at radius 3 is 2.53 bits per heavy atom. The topological polar surface area (TPSA) is 149 Å². The molecule has 3 aromatic carbocycles. The van der Waals surface area contributed by atoms with Crippen LogP contribution in [0.2, 0.25) is 5.02 Å². The third kappa shape index (κ3) is 8.49. The Hall–Kier alpha value is -4.97. The van der Waals surface area contributed by atoms with Gasteiger partial charge in [0.25, 0.3) is 5.91 Å². The summed E-state index contributed by atoms with van der Waals surface area (Å²) < 4.78 is 18.7. The molecule has 1 aromatic heterocycles. The Morgan fingerprint density at radius 2 is 1.78 bits per heavy atom. The van der Waals surface area contributed by atoms with Crippen LogP contribution in [0.5, 0.6) is 5.75 Å². The van der Waals surface area contributed by atoms with Gasteiger partial charge in [-0.05, 0) is 87.5 Å². The third-order valence-corrected chi connectivity index (χ3v) is 12.5. The van der Waals surface area contributed by atoms with Crippen molar-refractivity contribution in [1.29, 1.82) is 0 Å². The highest BCUT2D eigenvalue weighted by molar-refractivity contribution is 7.70. The average Bonchev–Trinajstić information content (AvgIpc) is 3.49. The van der Waals surface area contributed by atoms with Gasteiger partial charge in [0.2, 0.25) is 17.8 Å². The van der Waals surface area contributed by atoms with E-state index in [1.807, 2.05) is 48.5 Å². The standard InChI is InChI=1S/C40H46ClN8O5P/c1-47(18-15-25-9-11-29-26(21-25)24-49(39(29)52)33-13-14-36(50)45-38(33)51)27-16-19-48(20-17-27)28-10-12-31(34(22-28)54-2)44-40-42-23-30(41)37(46-40)43-32-7-5-6-8-35(32)55(3,4)53/h5-12,21-23,27,33H,13-20,24H2,1-4H3,(H,45,50,51)(H2,42,43,44,46). The van der Waals surface area contributed by atoms with Gasteiger partial charge < -0.3 is 34.6 Å². The lowest BCUT2D eigenvalue weighted by Gasteiger charge is -2.38. The number of fused-ring (bicyclic) bond motifs is 1. The predicted octanol–water partition coefficient (Wildman–Crippen LogP) is 5.78. The van der Waals surface area contributed by atoms with Gasteiger partial charge in [0.15, 0.2) is 5.82 Å². The lowest BCUT2D eigenvalue weighted by atomic mass is 10.0. The van der Waals surface area contributed by atoms with Crippen molar-refractivity contribution in [3.63, 3.8) is 0 Å². The number of aromatic nitrogens is 2. The van der Waals surface area contributed by atoms with Crippen molar-refractivity contribution in [2.24, 2.45) is 0 Å². The van der Waals surface area contributed by atoms with Gasteiger partial charge >= 0.3 is 0 Å². The minimum Gasteiger partial charge on any atom is -0.494 e. The van der Waals surface area contributed by atoms with Crippen LogP contribution in [0.4, 0.5) is 28.8 Å². The summed E-state index contributed by atoms with van der Waals surface area (Å²) in [6.07, 6.45) is 5.01. The molecule has 1 unspecified atom stereocenters. The molecule has 0 aliphatic carbocycles. The number of carbonyl (C=O) groups excluding carboxylic acids is 3. The molecule has 3 aliphatic rings. The number of ether oxygens (including phenoxy) is 1. The number of benzene rings is 3. The second-order valence-electron chi connectivity index (χ2n) is 14.7. The summed E-state index contributed by atoms with van der Waals surface area (Å²) in [6, 6.07) is 19.3. The number of nitrogens with zero attached hydrogens (tertiary/aromatic N) is 5. The summed E-state index contributed by atoms with van der Waals surface area (Å²) in [6.45, 7) is 6.54. The molecule has 7 rings (SSSR count). The molecule has 2 fully saturated rings. The number of hydrogen-bond donors (Lipinski definition) is 3. The van der Waals surface area contributed by atoms with E-state index in [2.05, 4.69) is 54.9 Å².